The smallest absolute Gasteiger partial charge is 0.149 e. The maximum atomic E-state index is 12.2. The standard InChI is InChI=1S/C54H47N3O/c1-53(2,3)41-32-39(31-40(33-41)47-34-38(29-30-55-47)35-17-9-7-10-18-35)42-23-16-26-48-49(42)56-52(45-24-15-25-46(51(45)58)54(4,5)6)57(48)50-43-22-14-13-21-37(43)27-28-44(50)36-19-11-8-12-20-36/h7-34,58H,1-6H3/i7D,9D,10D,17D,18D,29D,30D,34D. The van der Waals surface area contributed by atoms with E-state index in [0.717, 1.165) is 55.4 Å². The Balaban J connectivity index is 1.38. The second-order valence-corrected chi connectivity index (χ2v) is 16.7. The van der Waals surface area contributed by atoms with Gasteiger partial charge in [-0.15, -0.1) is 0 Å². The summed E-state index contributed by atoms with van der Waals surface area (Å²) in [7, 11) is 0. The van der Waals surface area contributed by atoms with E-state index in [1.165, 1.54) is 0 Å². The molecule has 0 bridgehead atoms. The molecule has 0 fully saturated rings. The van der Waals surface area contributed by atoms with Gasteiger partial charge in [-0.3, -0.25) is 9.55 Å². The monoisotopic (exact) mass is 761 g/mol. The van der Waals surface area contributed by atoms with E-state index < -0.39 is 47.8 Å². The van der Waals surface area contributed by atoms with Gasteiger partial charge in [0.25, 0.3) is 0 Å². The van der Waals surface area contributed by atoms with Gasteiger partial charge in [0.15, 0.2) is 0 Å². The summed E-state index contributed by atoms with van der Waals surface area (Å²) in [6, 6.07) is 36.5. The van der Waals surface area contributed by atoms with Gasteiger partial charge in [-0.05, 0) is 85.9 Å². The third kappa shape index (κ3) is 6.65. The molecule has 0 aliphatic heterocycles. The Morgan fingerprint density at radius 3 is 2.09 bits per heavy atom. The molecule has 1 N–H and O–H groups in total. The van der Waals surface area contributed by atoms with E-state index in [0.29, 0.717) is 22.5 Å². The summed E-state index contributed by atoms with van der Waals surface area (Å²) in [5.41, 5.74) is 6.99. The Bertz CT molecular complexity index is 3410. The van der Waals surface area contributed by atoms with Crippen molar-refractivity contribution >= 4 is 21.8 Å². The summed E-state index contributed by atoms with van der Waals surface area (Å²) < 4.78 is 71.6. The largest absolute Gasteiger partial charge is 0.507 e. The molecule has 7 aromatic carbocycles. The fourth-order valence-electron chi connectivity index (χ4n) is 7.72. The van der Waals surface area contributed by atoms with Crippen LogP contribution in [0.1, 0.15) is 63.6 Å². The first kappa shape index (κ1) is 28.6. The number of nitrogens with zero attached hydrogens (tertiary/aromatic N) is 3. The van der Waals surface area contributed by atoms with E-state index in [4.69, 9.17) is 14.6 Å². The van der Waals surface area contributed by atoms with Crippen molar-refractivity contribution in [1.82, 2.24) is 14.5 Å². The Labute approximate surface area is 352 Å². The molecule has 0 unspecified atom stereocenters. The van der Waals surface area contributed by atoms with Gasteiger partial charge in [-0.1, -0.05) is 169 Å². The highest BCUT2D eigenvalue weighted by molar-refractivity contribution is 6.03. The van der Waals surface area contributed by atoms with E-state index in [9.17, 15) is 6.48 Å². The van der Waals surface area contributed by atoms with Gasteiger partial charge in [0.1, 0.15) is 11.6 Å². The zero-order chi connectivity index (χ0) is 47.1. The Hall–Kier alpha value is -6.78. The van der Waals surface area contributed by atoms with E-state index in [-0.39, 0.29) is 34.0 Å². The van der Waals surface area contributed by atoms with Crippen molar-refractivity contribution in [2.45, 2.75) is 52.4 Å². The highest BCUT2D eigenvalue weighted by atomic mass is 16.3. The molecule has 0 atom stereocenters. The molecule has 0 amide bonds. The number of aromatic hydroxyl groups is 1. The minimum atomic E-state index is -0.601. The third-order valence-corrected chi connectivity index (χ3v) is 10.7. The molecule has 2 heterocycles. The second-order valence-electron chi connectivity index (χ2n) is 16.7. The average Bonchev–Trinajstić information content (AvgIpc) is 3.68. The van der Waals surface area contributed by atoms with Gasteiger partial charge < -0.3 is 5.11 Å². The Morgan fingerprint density at radius 2 is 1.31 bits per heavy atom. The molecule has 9 aromatic rings. The number of phenolic OH excluding ortho intramolecular Hbond substituents is 1. The SMILES string of the molecule is [2H]c1nc(-c2cc(-c3cccc4c3nc(-c3cccc(C(C)(C)C)c3O)n4-c3c(-c4ccccc4)ccc4ccccc34)cc(C(C)(C)C)c2)c([2H])c(-c2c([2H])c([2H])c([2H])c([2H])c2[2H])c1[2H]. The average molecular weight is 762 g/mol. The first-order valence-electron chi connectivity index (χ1n) is 23.4. The molecular weight excluding hydrogens is 707 g/mol. The van der Waals surface area contributed by atoms with Crippen LogP contribution in [-0.2, 0) is 10.8 Å². The van der Waals surface area contributed by atoms with E-state index in [1.807, 2.05) is 78.9 Å². The van der Waals surface area contributed by atoms with Gasteiger partial charge in [0, 0.05) is 28.2 Å². The van der Waals surface area contributed by atoms with Crippen molar-refractivity contribution in [3.05, 3.63) is 181 Å². The fourth-order valence-corrected chi connectivity index (χ4v) is 7.72. The zero-order valence-corrected chi connectivity index (χ0v) is 33.3. The number of rotatable bonds is 6. The van der Waals surface area contributed by atoms with E-state index in [2.05, 4.69) is 93.6 Å². The molecule has 284 valence electrons. The first-order chi connectivity index (χ1) is 31.3. The number of hydrogen-bond acceptors (Lipinski definition) is 3. The van der Waals surface area contributed by atoms with Crippen molar-refractivity contribution in [3.63, 3.8) is 0 Å². The van der Waals surface area contributed by atoms with Crippen LogP contribution in [0.15, 0.2) is 170 Å². The lowest BCUT2D eigenvalue weighted by atomic mass is 9.83. The number of hydrogen-bond donors (Lipinski definition) is 1. The van der Waals surface area contributed by atoms with Crippen molar-refractivity contribution in [1.29, 1.82) is 0 Å². The van der Waals surface area contributed by atoms with Crippen LogP contribution in [0.4, 0.5) is 0 Å². The molecule has 4 nitrogen and oxygen atoms in total. The van der Waals surface area contributed by atoms with Crippen LogP contribution in [0, 0.1) is 0 Å². The van der Waals surface area contributed by atoms with Crippen LogP contribution in [-0.4, -0.2) is 19.6 Å². The minimum absolute atomic E-state index is 0.0238. The number of imidazole rings is 1. The van der Waals surface area contributed by atoms with Gasteiger partial charge in [0.2, 0.25) is 0 Å². The van der Waals surface area contributed by atoms with Gasteiger partial charge >= 0.3 is 0 Å². The van der Waals surface area contributed by atoms with Gasteiger partial charge in [-0.2, -0.15) is 0 Å². The molecule has 2 aromatic heterocycles. The number of benzene rings is 7. The van der Waals surface area contributed by atoms with Crippen molar-refractivity contribution in [2.24, 2.45) is 0 Å². The first-order valence-corrected chi connectivity index (χ1v) is 19.4. The highest BCUT2D eigenvalue weighted by Crippen LogP contribution is 2.45. The molecular formula is C54H47N3O. The lowest BCUT2D eigenvalue weighted by Gasteiger charge is -2.23. The molecule has 0 spiro atoms. The number of phenols is 1. The zero-order valence-electron chi connectivity index (χ0n) is 41.3. The van der Waals surface area contributed by atoms with Crippen LogP contribution < -0.4 is 0 Å². The lowest BCUT2D eigenvalue weighted by Crippen LogP contribution is -2.12. The lowest BCUT2D eigenvalue weighted by molar-refractivity contribution is 0.448. The summed E-state index contributed by atoms with van der Waals surface area (Å²) in [5, 5.41) is 14.3. The van der Waals surface area contributed by atoms with E-state index in [1.54, 1.807) is 0 Å². The normalized spacial score (nSPS) is 14.0. The van der Waals surface area contributed by atoms with Crippen LogP contribution in [0.2, 0.25) is 0 Å². The maximum Gasteiger partial charge on any atom is 0.149 e. The molecule has 0 saturated carbocycles. The second kappa shape index (κ2) is 14.3. The number of aromatic nitrogens is 3. The third-order valence-electron chi connectivity index (χ3n) is 10.7. The number of fused-ring (bicyclic) bond motifs is 2. The van der Waals surface area contributed by atoms with Crippen LogP contribution in [0.3, 0.4) is 0 Å². The van der Waals surface area contributed by atoms with Gasteiger partial charge in [0.05, 0.1) is 38.9 Å². The quantitative estimate of drug-likeness (QED) is 0.184. The summed E-state index contributed by atoms with van der Waals surface area (Å²) in [4.78, 5) is 9.96. The Morgan fingerprint density at radius 1 is 0.586 bits per heavy atom. The summed E-state index contributed by atoms with van der Waals surface area (Å²) in [6.45, 7) is 12.4. The van der Waals surface area contributed by atoms with Crippen LogP contribution >= 0.6 is 0 Å². The molecule has 4 heteroatoms. The number of para-hydroxylation sites is 2. The predicted octanol–water partition coefficient (Wildman–Crippen LogP) is 14.2. The van der Waals surface area contributed by atoms with Crippen LogP contribution in [0.5, 0.6) is 5.75 Å². The Kier molecular flexibility index (Phi) is 7.05. The fraction of sp³-hybridized carbons (Fsp3) is 0.148. The molecule has 0 radical (unpaired) electrons. The summed E-state index contributed by atoms with van der Waals surface area (Å²) in [5.74, 6) is 0.666. The van der Waals surface area contributed by atoms with Crippen molar-refractivity contribution < 1.29 is 16.1 Å². The molecule has 0 aliphatic carbocycles. The topological polar surface area (TPSA) is 50.9 Å². The minimum Gasteiger partial charge on any atom is -0.507 e. The predicted molar refractivity (Wildman–Crippen MR) is 243 cm³/mol. The maximum absolute atomic E-state index is 12.2. The molecule has 9 rings (SSSR count). The molecule has 0 aliphatic rings. The number of pyridine rings is 1. The van der Waals surface area contributed by atoms with Crippen molar-refractivity contribution in [2.75, 3.05) is 0 Å². The van der Waals surface area contributed by atoms with Gasteiger partial charge in [-0.25, -0.2) is 4.98 Å². The van der Waals surface area contributed by atoms with Crippen molar-refractivity contribution in [3.8, 4) is 67.5 Å². The summed E-state index contributed by atoms with van der Waals surface area (Å²) in [6.07, 6.45) is -0.502. The molecule has 58 heavy (non-hydrogen) atoms. The highest BCUT2D eigenvalue weighted by Gasteiger charge is 2.27. The van der Waals surface area contributed by atoms with Crippen LogP contribution in [0.25, 0.3) is 83.5 Å². The summed E-state index contributed by atoms with van der Waals surface area (Å²) >= 11 is 0. The molecule has 0 saturated heterocycles. The van der Waals surface area contributed by atoms with E-state index >= 15 is 0 Å².